The topological polar surface area (TPSA) is 42.4 Å². The maximum absolute atomic E-state index is 10.4. The molecule has 0 bridgehead atoms. The summed E-state index contributed by atoms with van der Waals surface area (Å²) in [7, 11) is 1.60. The van der Waals surface area contributed by atoms with Gasteiger partial charge in [-0.25, -0.2) is 0 Å². The molecule has 3 nitrogen and oxygen atoms in total. The maximum atomic E-state index is 10.4. The van der Waals surface area contributed by atoms with Crippen LogP contribution in [0.15, 0.2) is 30.5 Å². The van der Waals surface area contributed by atoms with E-state index < -0.39 is 6.10 Å². The van der Waals surface area contributed by atoms with E-state index in [1.165, 1.54) is 6.20 Å². The summed E-state index contributed by atoms with van der Waals surface area (Å²) in [5, 5.41) is 11.0. The predicted octanol–water partition coefficient (Wildman–Crippen LogP) is 3.44. The van der Waals surface area contributed by atoms with Crippen molar-refractivity contribution in [2.45, 2.75) is 20.0 Å². The average Bonchev–Trinajstić information content (AvgIpc) is 2.41. The highest BCUT2D eigenvalue weighted by atomic mass is 35.5. The Kier molecular flexibility index (Phi) is 4.08. The first-order valence-corrected chi connectivity index (χ1v) is 6.36. The van der Waals surface area contributed by atoms with E-state index in [1.807, 2.05) is 26.0 Å². The van der Waals surface area contributed by atoms with Crippen molar-refractivity contribution in [3.63, 3.8) is 0 Å². The largest absolute Gasteiger partial charge is 0.496 e. The van der Waals surface area contributed by atoms with E-state index >= 15 is 0 Å². The van der Waals surface area contributed by atoms with Crippen molar-refractivity contribution in [1.29, 1.82) is 0 Å². The summed E-state index contributed by atoms with van der Waals surface area (Å²) in [5.41, 5.74) is 3.40. The summed E-state index contributed by atoms with van der Waals surface area (Å²) in [6.45, 7) is 3.98. The summed E-state index contributed by atoms with van der Waals surface area (Å²) in [4.78, 5) is 4.14. The van der Waals surface area contributed by atoms with Crippen LogP contribution in [-0.2, 0) is 0 Å². The molecular weight excluding hydrogens is 262 g/mol. The fourth-order valence-electron chi connectivity index (χ4n) is 2.01. The van der Waals surface area contributed by atoms with Gasteiger partial charge in [-0.05, 0) is 37.1 Å². The van der Waals surface area contributed by atoms with Crippen LogP contribution < -0.4 is 4.74 Å². The van der Waals surface area contributed by atoms with Gasteiger partial charge in [0.25, 0.3) is 0 Å². The Morgan fingerprint density at radius 2 is 1.95 bits per heavy atom. The van der Waals surface area contributed by atoms with Crippen molar-refractivity contribution in [3.8, 4) is 5.75 Å². The van der Waals surface area contributed by atoms with Gasteiger partial charge in [0.05, 0.1) is 17.8 Å². The Hall–Kier alpha value is -1.58. The maximum Gasteiger partial charge on any atom is 0.128 e. The molecule has 0 spiro atoms. The first-order chi connectivity index (χ1) is 9.04. The summed E-state index contributed by atoms with van der Waals surface area (Å²) in [6.07, 6.45) is 0.694. The Morgan fingerprint density at radius 1 is 1.21 bits per heavy atom. The van der Waals surface area contributed by atoms with Crippen molar-refractivity contribution in [3.05, 3.63) is 57.9 Å². The monoisotopic (exact) mass is 277 g/mol. The molecule has 0 saturated heterocycles. The van der Waals surface area contributed by atoms with Crippen molar-refractivity contribution >= 4 is 11.6 Å². The number of nitrogens with zero attached hydrogens (tertiary/aromatic N) is 1. The minimum absolute atomic E-state index is 0.544. The second-order valence-corrected chi connectivity index (χ2v) is 4.87. The number of aromatic nitrogens is 1. The van der Waals surface area contributed by atoms with Gasteiger partial charge in [-0.2, -0.15) is 0 Å². The predicted molar refractivity (Wildman–Crippen MR) is 75.8 cm³/mol. The standard InChI is InChI=1S/C15H16ClNO2/c1-9-4-6-12(15(19-3)10(9)2)14(18)13-7-5-11(16)8-17-13/h4-8,14,18H,1-3H3. The molecule has 1 atom stereocenters. The van der Waals surface area contributed by atoms with Gasteiger partial charge in [-0.15, -0.1) is 0 Å². The lowest BCUT2D eigenvalue weighted by molar-refractivity contribution is 0.209. The van der Waals surface area contributed by atoms with Crippen LogP contribution in [0, 0.1) is 13.8 Å². The van der Waals surface area contributed by atoms with Crippen molar-refractivity contribution in [2.75, 3.05) is 7.11 Å². The minimum Gasteiger partial charge on any atom is -0.496 e. The van der Waals surface area contributed by atoms with Crippen molar-refractivity contribution in [2.24, 2.45) is 0 Å². The number of halogens is 1. The van der Waals surface area contributed by atoms with Crippen LogP contribution in [0.1, 0.15) is 28.5 Å². The van der Waals surface area contributed by atoms with Gasteiger partial charge in [0, 0.05) is 11.8 Å². The Balaban J connectivity index is 2.46. The highest BCUT2D eigenvalue weighted by Gasteiger charge is 2.18. The molecule has 4 heteroatoms. The SMILES string of the molecule is COc1c(C(O)c2ccc(Cl)cn2)ccc(C)c1C. The molecule has 1 N–H and O–H groups in total. The smallest absolute Gasteiger partial charge is 0.128 e. The lowest BCUT2D eigenvalue weighted by atomic mass is 9.99. The molecule has 0 amide bonds. The second kappa shape index (κ2) is 5.59. The van der Waals surface area contributed by atoms with E-state index in [0.717, 1.165) is 11.1 Å². The van der Waals surface area contributed by atoms with Gasteiger partial charge in [-0.3, -0.25) is 4.98 Å². The molecule has 19 heavy (non-hydrogen) atoms. The number of aryl methyl sites for hydroxylation is 1. The number of aliphatic hydroxyl groups is 1. The van der Waals surface area contributed by atoms with Crippen LogP contribution in [0.3, 0.4) is 0 Å². The number of ether oxygens (including phenoxy) is 1. The second-order valence-electron chi connectivity index (χ2n) is 4.43. The molecule has 1 heterocycles. The van der Waals surface area contributed by atoms with E-state index in [1.54, 1.807) is 19.2 Å². The number of benzene rings is 1. The highest BCUT2D eigenvalue weighted by molar-refractivity contribution is 6.30. The lowest BCUT2D eigenvalue weighted by Gasteiger charge is -2.17. The zero-order chi connectivity index (χ0) is 14.0. The van der Waals surface area contributed by atoms with Crippen LogP contribution in [0.25, 0.3) is 0 Å². The van der Waals surface area contributed by atoms with E-state index in [4.69, 9.17) is 16.3 Å². The molecule has 0 aliphatic heterocycles. The molecule has 1 aromatic carbocycles. The average molecular weight is 278 g/mol. The van der Waals surface area contributed by atoms with E-state index in [2.05, 4.69) is 4.98 Å². The third kappa shape index (κ3) is 2.72. The first kappa shape index (κ1) is 13.8. The van der Waals surface area contributed by atoms with Gasteiger partial charge in [0.2, 0.25) is 0 Å². The van der Waals surface area contributed by atoms with E-state index in [0.29, 0.717) is 22.0 Å². The van der Waals surface area contributed by atoms with Gasteiger partial charge in [-0.1, -0.05) is 23.7 Å². The number of rotatable bonds is 3. The number of hydrogen-bond acceptors (Lipinski definition) is 3. The van der Waals surface area contributed by atoms with Gasteiger partial charge >= 0.3 is 0 Å². The Bertz CT molecular complexity index is 581. The third-order valence-corrected chi connectivity index (χ3v) is 3.46. The lowest BCUT2D eigenvalue weighted by Crippen LogP contribution is -2.06. The van der Waals surface area contributed by atoms with E-state index in [-0.39, 0.29) is 0 Å². The Morgan fingerprint density at radius 3 is 2.53 bits per heavy atom. The van der Waals surface area contributed by atoms with Crippen LogP contribution >= 0.6 is 11.6 Å². The van der Waals surface area contributed by atoms with Crippen molar-refractivity contribution in [1.82, 2.24) is 4.98 Å². The molecule has 2 rings (SSSR count). The first-order valence-electron chi connectivity index (χ1n) is 5.98. The fraction of sp³-hybridized carbons (Fsp3) is 0.267. The fourth-order valence-corrected chi connectivity index (χ4v) is 2.12. The summed E-state index contributed by atoms with van der Waals surface area (Å²) in [6, 6.07) is 7.25. The number of hydrogen-bond donors (Lipinski definition) is 1. The number of methoxy groups -OCH3 is 1. The van der Waals surface area contributed by atoms with Gasteiger partial charge in [0.15, 0.2) is 0 Å². The molecule has 1 aromatic heterocycles. The molecule has 100 valence electrons. The van der Waals surface area contributed by atoms with E-state index in [9.17, 15) is 5.11 Å². The molecule has 0 aliphatic rings. The summed E-state index contributed by atoms with van der Waals surface area (Å²) in [5.74, 6) is 0.698. The molecular formula is C15H16ClNO2. The third-order valence-electron chi connectivity index (χ3n) is 3.24. The summed E-state index contributed by atoms with van der Waals surface area (Å²) < 4.78 is 5.41. The Labute approximate surface area is 117 Å². The minimum atomic E-state index is -0.827. The quantitative estimate of drug-likeness (QED) is 0.934. The molecule has 2 aromatic rings. The zero-order valence-corrected chi connectivity index (χ0v) is 11.9. The molecule has 1 unspecified atom stereocenters. The van der Waals surface area contributed by atoms with Crippen LogP contribution in [-0.4, -0.2) is 17.2 Å². The zero-order valence-electron chi connectivity index (χ0n) is 11.1. The van der Waals surface area contributed by atoms with Crippen LogP contribution in [0.4, 0.5) is 0 Å². The normalized spacial score (nSPS) is 12.3. The highest BCUT2D eigenvalue weighted by Crippen LogP contribution is 2.33. The number of pyridine rings is 1. The summed E-state index contributed by atoms with van der Waals surface area (Å²) >= 11 is 5.80. The van der Waals surface area contributed by atoms with Crippen LogP contribution in [0.5, 0.6) is 5.75 Å². The van der Waals surface area contributed by atoms with Crippen LogP contribution in [0.2, 0.25) is 5.02 Å². The number of aliphatic hydroxyl groups excluding tert-OH is 1. The molecule has 0 aliphatic carbocycles. The van der Waals surface area contributed by atoms with Gasteiger partial charge in [0.1, 0.15) is 11.9 Å². The van der Waals surface area contributed by atoms with Crippen molar-refractivity contribution < 1.29 is 9.84 Å². The van der Waals surface area contributed by atoms with Gasteiger partial charge < -0.3 is 9.84 Å². The molecule has 0 saturated carbocycles. The molecule has 0 fully saturated rings. The molecule has 0 radical (unpaired) electrons.